The summed E-state index contributed by atoms with van der Waals surface area (Å²) in [5.74, 6) is 0.158. The highest BCUT2D eigenvalue weighted by Gasteiger charge is 2.34. The zero-order valence-electron chi connectivity index (χ0n) is 21.6. The van der Waals surface area contributed by atoms with E-state index in [0.29, 0.717) is 38.6 Å². The molecule has 0 N–H and O–H groups in total. The number of hydrogen-bond donors (Lipinski definition) is 0. The molecule has 2 atom stereocenters. The third-order valence-electron chi connectivity index (χ3n) is 7.72. The molecule has 1 saturated heterocycles. The fourth-order valence-electron chi connectivity index (χ4n) is 5.81. The average molecular weight is 501 g/mol. The number of anilines is 1. The first kappa shape index (κ1) is 25.1. The van der Waals surface area contributed by atoms with Crippen molar-refractivity contribution in [1.82, 2.24) is 24.3 Å². The van der Waals surface area contributed by atoms with E-state index in [-0.39, 0.29) is 17.9 Å². The van der Waals surface area contributed by atoms with E-state index in [0.717, 1.165) is 49.2 Å². The van der Waals surface area contributed by atoms with Crippen LogP contribution < -0.4 is 4.90 Å². The maximum absolute atomic E-state index is 13.7. The van der Waals surface area contributed by atoms with Gasteiger partial charge in [0.25, 0.3) is 0 Å². The van der Waals surface area contributed by atoms with Gasteiger partial charge in [-0.15, -0.1) is 0 Å². The van der Waals surface area contributed by atoms with Gasteiger partial charge in [-0.05, 0) is 43.0 Å². The molecule has 1 fully saturated rings. The van der Waals surface area contributed by atoms with Gasteiger partial charge in [0, 0.05) is 82.4 Å². The van der Waals surface area contributed by atoms with E-state index < -0.39 is 0 Å². The highest BCUT2D eigenvalue weighted by molar-refractivity contribution is 5.92. The summed E-state index contributed by atoms with van der Waals surface area (Å²) in [6, 6.07) is 14.7. The lowest BCUT2D eigenvalue weighted by atomic mass is 9.92. The summed E-state index contributed by atoms with van der Waals surface area (Å²) in [6.07, 6.45) is 11.8. The molecular weight excluding hydrogens is 464 g/mol. The number of aryl methyl sites for hydroxylation is 1. The Labute approximate surface area is 218 Å². The lowest BCUT2D eigenvalue weighted by Gasteiger charge is -2.44. The second-order valence-corrected chi connectivity index (χ2v) is 10.1. The Morgan fingerprint density at radius 1 is 1.00 bits per heavy atom. The first-order valence-electron chi connectivity index (χ1n) is 13.3. The molecule has 194 valence electrons. The Hall–Kier alpha value is -3.52. The first-order chi connectivity index (χ1) is 18.1. The number of imidazole rings is 1. The molecule has 2 amide bonds. The molecule has 0 aliphatic carbocycles. The SMILES string of the molecule is CC(=O)N1CCC2CCCC(CN(C(=O)CCn3ccnc3)Cc3ccccc31)N2Cc1ccccn1. The quantitative estimate of drug-likeness (QED) is 0.532. The lowest BCUT2D eigenvalue weighted by Crippen LogP contribution is -2.52. The van der Waals surface area contributed by atoms with Crippen molar-refractivity contribution in [3.8, 4) is 0 Å². The van der Waals surface area contributed by atoms with Crippen molar-refractivity contribution in [1.29, 1.82) is 0 Å². The van der Waals surface area contributed by atoms with Crippen LogP contribution in [0, 0.1) is 0 Å². The third kappa shape index (κ3) is 6.07. The predicted octanol–water partition coefficient (Wildman–Crippen LogP) is 3.88. The normalized spacial score (nSPS) is 20.7. The van der Waals surface area contributed by atoms with Crippen LogP contribution in [0.3, 0.4) is 0 Å². The molecule has 0 spiro atoms. The van der Waals surface area contributed by atoms with Crippen molar-refractivity contribution in [2.45, 2.75) is 70.7 Å². The topological polar surface area (TPSA) is 74.6 Å². The average Bonchev–Trinajstić information content (AvgIpc) is 3.43. The maximum atomic E-state index is 13.7. The molecule has 8 nitrogen and oxygen atoms in total. The Balaban J connectivity index is 1.48. The number of hydrogen-bond acceptors (Lipinski definition) is 5. The van der Waals surface area contributed by atoms with Crippen molar-refractivity contribution >= 4 is 17.5 Å². The molecule has 2 aliphatic heterocycles. The van der Waals surface area contributed by atoms with Crippen LogP contribution in [0.1, 0.15) is 50.3 Å². The standard InChI is InChI=1S/C29H36N6O2/c1-23(36)34-17-12-26-9-6-10-27(35(26)20-25-8-4-5-14-31-25)21-33(19-24-7-2-3-11-28(24)34)29(37)13-16-32-18-15-30-22-32/h2-5,7-8,11,14-15,18,22,26-27H,6,9-10,12-13,16-17,19-21H2,1H3. The number of nitrogens with zero attached hydrogens (tertiary/aromatic N) is 6. The van der Waals surface area contributed by atoms with Gasteiger partial charge in [0.2, 0.25) is 11.8 Å². The van der Waals surface area contributed by atoms with Gasteiger partial charge in [0.1, 0.15) is 0 Å². The van der Waals surface area contributed by atoms with E-state index in [1.807, 2.05) is 57.1 Å². The number of amides is 2. The van der Waals surface area contributed by atoms with Crippen molar-refractivity contribution in [2.24, 2.45) is 0 Å². The van der Waals surface area contributed by atoms with Crippen molar-refractivity contribution in [3.63, 3.8) is 0 Å². The summed E-state index contributed by atoms with van der Waals surface area (Å²) in [6.45, 7) is 4.81. The van der Waals surface area contributed by atoms with E-state index in [9.17, 15) is 9.59 Å². The minimum atomic E-state index is 0.0355. The van der Waals surface area contributed by atoms with E-state index in [1.54, 1.807) is 19.4 Å². The van der Waals surface area contributed by atoms with E-state index in [1.165, 1.54) is 0 Å². The number of carbonyl (C=O) groups is 2. The smallest absolute Gasteiger partial charge is 0.224 e. The van der Waals surface area contributed by atoms with Crippen LogP contribution in [0.2, 0.25) is 0 Å². The molecule has 37 heavy (non-hydrogen) atoms. The molecule has 0 saturated carbocycles. The van der Waals surface area contributed by atoms with Gasteiger partial charge in [-0.3, -0.25) is 19.5 Å². The summed E-state index contributed by atoms with van der Waals surface area (Å²) in [7, 11) is 0. The molecule has 2 aliphatic rings. The van der Waals surface area contributed by atoms with Gasteiger partial charge in [0.05, 0.1) is 12.0 Å². The number of para-hydroxylation sites is 1. The molecule has 2 aromatic heterocycles. The van der Waals surface area contributed by atoms with Crippen LogP contribution in [0.25, 0.3) is 0 Å². The minimum Gasteiger partial charge on any atom is -0.337 e. The predicted molar refractivity (Wildman–Crippen MR) is 143 cm³/mol. The molecule has 3 aromatic rings. The number of aromatic nitrogens is 3. The molecule has 0 radical (unpaired) electrons. The van der Waals surface area contributed by atoms with Crippen molar-refractivity contribution < 1.29 is 9.59 Å². The molecule has 8 heteroatoms. The maximum Gasteiger partial charge on any atom is 0.224 e. The van der Waals surface area contributed by atoms with Crippen LogP contribution in [0.4, 0.5) is 5.69 Å². The molecule has 5 rings (SSSR count). The summed E-state index contributed by atoms with van der Waals surface area (Å²) < 4.78 is 1.94. The zero-order valence-corrected chi connectivity index (χ0v) is 21.6. The van der Waals surface area contributed by atoms with E-state index >= 15 is 0 Å². The van der Waals surface area contributed by atoms with E-state index in [4.69, 9.17) is 0 Å². The highest BCUT2D eigenvalue weighted by atomic mass is 16.2. The van der Waals surface area contributed by atoms with Crippen LogP contribution in [0.15, 0.2) is 67.4 Å². The Morgan fingerprint density at radius 3 is 2.62 bits per heavy atom. The Morgan fingerprint density at radius 2 is 1.84 bits per heavy atom. The monoisotopic (exact) mass is 500 g/mol. The summed E-state index contributed by atoms with van der Waals surface area (Å²) in [5, 5.41) is 0. The first-order valence-corrected chi connectivity index (χ1v) is 13.3. The Bertz CT molecular complexity index is 1180. The van der Waals surface area contributed by atoms with Gasteiger partial charge >= 0.3 is 0 Å². The number of fused-ring (bicyclic) bond motifs is 3. The highest BCUT2D eigenvalue weighted by Crippen LogP contribution is 2.31. The number of benzene rings is 1. The third-order valence-corrected chi connectivity index (χ3v) is 7.72. The van der Waals surface area contributed by atoms with Gasteiger partial charge in [0.15, 0.2) is 0 Å². The lowest BCUT2D eigenvalue weighted by molar-refractivity contribution is -0.133. The zero-order chi connectivity index (χ0) is 25.6. The Kier molecular flexibility index (Phi) is 7.94. The number of piperidine rings is 1. The van der Waals surface area contributed by atoms with Gasteiger partial charge in [-0.1, -0.05) is 30.7 Å². The molecule has 2 unspecified atom stereocenters. The summed E-state index contributed by atoms with van der Waals surface area (Å²) in [4.78, 5) is 41.7. The number of rotatable bonds is 5. The molecule has 2 bridgehead atoms. The fraction of sp³-hybridized carbons (Fsp3) is 0.448. The largest absolute Gasteiger partial charge is 0.337 e. The van der Waals surface area contributed by atoms with Crippen molar-refractivity contribution in [2.75, 3.05) is 18.0 Å². The second-order valence-electron chi connectivity index (χ2n) is 10.1. The minimum absolute atomic E-state index is 0.0355. The number of carbonyl (C=O) groups excluding carboxylic acids is 2. The van der Waals surface area contributed by atoms with Gasteiger partial charge < -0.3 is 14.4 Å². The summed E-state index contributed by atoms with van der Waals surface area (Å²) in [5.41, 5.74) is 2.97. The molecule has 1 aromatic carbocycles. The van der Waals surface area contributed by atoms with Crippen molar-refractivity contribution in [3.05, 3.63) is 78.6 Å². The van der Waals surface area contributed by atoms with Gasteiger partial charge in [-0.2, -0.15) is 0 Å². The molecular formula is C29H36N6O2. The van der Waals surface area contributed by atoms with Gasteiger partial charge in [-0.25, -0.2) is 4.98 Å². The van der Waals surface area contributed by atoms with Crippen LogP contribution in [-0.2, 0) is 29.2 Å². The fourth-order valence-corrected chi connectivity index (χ4v) is 5.81. The number of pyridine rings is 1. The summed E-state index contributed by atoms with van der Waals surface area (Å²) >= 11 is 0. The second kappa shape index (κ2) is 11.7. The molecule has 4 heterocycles. The van der Waals surface area contributed by atoms with E-state index in [2.05, 4.69) is 27.0 Å². The van der Waals surface area contributed by atoms with Crippen LogP contribution in [0.5, 0.6) is 0 Å². The van der Waals surface area contributed by atoms with Crippen LogP contribution in [-0.4, -0.2) is 61.3 Å². The van der Waals surface area contributed by atoms with Crippen LogP contribution >= 0.6 is 0 Å².